The zero-order valence-corrected chi connectivity index (χ0v) is 25.8. The van der Waals surface area contributed by atoms with Crippen molar-refractivity contribution in [3.8, 4) is 0 Å². The van der Waals surface area contributed by atoms with Crippen LogP contribution in [-0.4, -0.2) is 50.4 Å². The van der Waals surface area contributed by atoms with Crippen LogP contribution in [0.1, 0.15) is 43.1 Å². The highest BCUT2D eigenvalue weighted by atomic mass is 28.4. The minimum atomic E-state index is -2.95. The molecule has 0 aliphatic carbocycles. The Morgan fingerprint density at radius 2 is 1.26 bits per heavy atom. The van der Waals surface area contributed by atoms with Gasteiger partial charge in [0.1, 0.15) is 5.54 Å². The van der Waals surface area contributed by atoms with Crippen LogP contribution in [0.2, 0.25) is 5.04 Å². The van der Waals surface area contributed by atoms with E-state index < -0.39 is 25.9 Å². The molecule has 5 rings (SSSR count). The van der Waals surface area contributed by atoms with Crippen molar-refractivity contribution in [1.29, 1.82) is 0 Å². The first-order chi connectivity index (χ1) is 20.2. The van der Waals surface area contributed by atoms with Gasteiger partial charge in [0.25, 0.3) is 14.2 Å². The van der Waals surface area contributed by atoms with E-state index in [0.29, 0.717) is 18.4 Å². The Morgan fingerprint density at radius 3 is 1.74 bits per heavy atom. The molecule has 1 aliphatic heterocycles. The van der Waals surface area contributed by atoms with E-state index in [-0.39, 0.29) is 17.5 Å². The minimum absolute atomic E-state index is 0.203. The molecular weight excluding hydrogens is 538 g/mol. The lowest BCUT2D eigenvalue weighted by atomic mass is 9.87. The molecule has 2 atom stereocenters. The fourth-order valence-electron chi connectivity index (χ4n) is 6.52. The largest absolute Gasteiger partial charge is 0.467 e. The van der Waals surface area contributed by atoms with Gasteiger partial charge in [0.15, 0.2) is 0 Å². The number of rotatable bonds is 8. The van der Waals surface area contributed by atoms with Gasteiger partial charge in [0.05, 0.1) is 13.2 Å². The number of hydrogen-bond donors (Lipinski definition) is 0. The van der Waals surface area contributed by atoms with Gasteiger partial charge in [-0.3, -0.25) is 4.79 Å². The third-order valence-electron chi connectivity index (χ3n) is 8.40. The third kappa shape index (κ3) is 5.44. The number of carbonyl (C=O) groups excluding carboxylic acids is 2. The predicted octanol–water partition coefficient (Wildman–Crippen LogP) is 5.63. The maximum atomic E-state index is 14.2. The van der Waals surface area contributed by atoms with E-state index >= 15 is 0 Å². The van der Waals surface area contributed by atoms with Crippen molar-refractivity contribution in [2.24, 2.45) is 0 Å². The summed E-state index contributed by atoms with van der Waals surface area (Å²) in [7, 11) is -1.55. The number of likely N-dealkylation sites (tertiary alicyclic amines) is 1. The highest BCUT2D eigenvalue weighted by Crippen LogP contribution is 2.42. The first-order valence-electron chi connectivity index (χ1n) is 14.5. The number of methoxy groups -OCH3 is 1. The second-order valence-corrected chi connectivity index (χ2v) is 16.3. The number of esters is 1. The van der Waals surface area contributed by atoms with E-state index in [1.54, 1.807) is 17.0 Å². The standard InChI is InChI=1S/C36H39NO4Si/c1-35(2,3)42(31-21-13-7-14-22-31,32-23-15-8-16-24-32)41-30-26-36(34(39)40-4,25-28-17-9-5-10-18-28)37(27-30)33(38)29-19-11-6-12-20-29/h5-24,30H,25-27H2,1-4H3/t30-,36-/m1/s1. The average molecular weight is 578 g/mol. The average Bonchev–Trinajstić information content (AvgIpc) is 3.38. The molecule has 0 saturated carbocycles. The quantitative estimate of drug-likeness (QED) is 0.201. The van der Waals surface area contributed by atoms with Gasteiger partial charge in [-0.15, -0.1) is 0 Å². The van der Waals surface area contributed by atoms with Gasteiger partial charge in [-0.1, -0.05) is 130 Å². The SMILES string of the molecule is COC(=O)[C@@]1(Cc2ccccc2)C[C@@H](O[Si](c2ccccc2)(c2ccccc2)C(C)(C)C)CN1C(=O)c1ccccc1. The molecule has 0 N–H and O–H groups in total. The van der Waals surface area contributed by atoms with Crippen molar-refractivity contribution in [1.82, 2.24) is 4.90 Å². The normalized spacial score (nSPS) is 19.0. The second kappa shape index (κ2) is 12.1. The first-order valence-corrected chi connectivity index (χ1v) is 16.4. The molecule has 5 nitrogen and oxygen atoms in total. The molecule has 1 amide bonds. The van der Waals surface area contributed by atoms with Crippen LogP contribution >= 0.6 is 0 Å². The molecule has 4 aromatic carbocycles. The van der Waals surface area contributed by atoms with Crippen LogP contribution in [0.4, 0.5) is 0 Å². The Labute approximate surface area is 250 Å². The zero-order valence-electron chi connectivity index (χ0n) is 24.8. The van der Waals surface area contributed by atoms with Crippen molar-refractivity contribution in [2.45, 2.75) is 50.3 Å². The molecule has 1 aliphatic rings. The topological polar surface area (TPSA) is 55.8 Å². The zero-order chi connectivity index (χ0) is 29.8. The van der Waals surface area contributed by atoms with Crippen LogP contribution < -0.4 is 10.4 Å². The maximum Gasteiger partial charge on any atom is 0.332 e. The summed E-state index contributed by atoms with van der Waals surface area (Å²) in [6.45, 7) is 6.98. The number of amides is 1. The number of benzene rings is 4. The first kappa shape index (κ1) is 29.5. The summed E-state index contributed by atoms with van der Waals surface area (Å²) < 4.78 is 12.9. The molecule has 0 spiro atoms. The Morgan fingerprint density at radius 1 is 0.786 bits per heavy atom. The molecule has 0 bridgehead atoms. The van der Waals surface area contributed by atoms with Crippen molar-refractivity contribution in [2.75, 3.05) is 13.7 Å². The van der Waals surface area contributed by atoms with Crippen molar-refractivity contribution >= 4 is 30.6 Å². The summed E-state index contributed by atoms with van der Waals surface area (Å²) in [4.78, 5) is 29.8. The second-order valence-electron chi connectivity index (χ2n) is 12.1. The van der Waals surface area contributed by atoms with Crippen molar-refractivity contribution < 1.29 is 18.8 Å². The highest BCUT2D eigenvalue weighted by Gasteiger charge is 2.58. The van der Waals surface area contributed by atoms with Crippen LogP contribution in [0.25, 0.3) is 0 Å². The Kier molecular flexibility index (Phi) is 8.48. The molecule has 216 valence electrons. The van der Waals surface area contributed by atoms with Crippen molar-refractivity contribution in [3.63, 3.8) is 0 Å². The molecule has 1 fully saturated rings. The molecule has 0 aromatic heterocycles. The fraction of sp³-hybridized carbons (Fsp3) is 0.278. The minimum Gasteiger partial charge on any atom is -0.467 e. The van der Waals surface area contributed by atoms with Crippen LogP contribution in [0.5, 0.6) is 0 Å². The predicted molar refractivity (Wildman–Crippen MR) is 169 cm³/mol. The number of hydrogen-bond acceptors (Lipinski definition) is 4. The summed E-state index contributed by atoms with van der Waals surface area (Å²) in [5.74, 6) is -0.630. The van der Waals surface area contributed by atoms with E-state index in [9.17, 15) is 9.59 Å². The van der Waals surface area contributed by atoms with Crippen LogP contribution in [-0.2, 0) is 20.4 Å². The van der Waals surface area contributed by atoms with Gasteiger partial charge in [-0.2, -0.15) is 0 Å². The molecule has 6 heteroatoms. The van der Waals surface area contributed by atoms with Crippen LogP contribution in [0.3, 0.4) is 0 Å². The van der Waals surface area contributed by atoms with E-state index in [1.807, 2.05) is 60.7 Å². The monoisotopic (exact) mass is 577 g/mol. The summed E-state index contributed by atoms with van der Waals surface area (Å²) in [5.41, 5.74) is 0.267. The lowest BCUT2D eigenvalue weighted by Crippen LogP contribution is -2.67. The van der Waals surface area contributed by atoms with Gasteiger partial charge < -0.3 is 14.1 Å². The Bertz CT molecular complexity index is 1450. The van der Waals surface area contributed by atoms with Gasteiger partial charge in [-0.05, 0) is 33.1 Å². The van der Waals surface area contributed by atoms with E-state index in [4.69, 9.17) is 9.16 Å². The summed E-state index contributed by atoms with van der Waals surface area (Å²) >= 11 is 0. The van der Waals surface area contributed by atoms with Gasteiger partial charge in [0.2, 0.25) is 0 Å². The highest BCUT2D eigenvalue weighted by molar-refractivity contribution is 6.99. The lowest BCUT2D eigenvalue weighted by molar-refractivity contribution is -0.152. The number of ether oxygens (including phenoxy) is 1. The molecule has 0 radical (unpaired) electrons. The molecule has 4 aromatic rings. The number of nitrogens with zero attached hydrogens (tertiary/aromatic N) is 1. The fourth-order valence-corrected chi connectivity index (χ4v) is 11.2. The van der Waals surface area contributed by atoms with Gasteiger partial charge >= 0.3 is 5.97 Å². The van der Waals surface area contributed by atoms with E-state index in [2.05, 4.69) is 69.3 Å². The summed E-state index contributed by atoms with van der Waals surface area (Å²) in [6, 6.07) is 39.9. The smallest absolute Gasteiger partial charge is 0.332 e. The van der Waals surface area contributed by atoms with Gasteiger partial charge in [0, 0.05) is 24.9 Å². The summed E-state index contributed by atoms with van der Waals surface area (Å²) in [5, 5.41) is 2.06. The molecular formula is C36H39NO4Si. The van der Waals surface area contributed by atoms with Crippen LogP contribution in [0, 0.1) is 0 Å². The van der Waals surface area contributed by atoms with E-state index in [0.717, 1.165) is 15.9 Å². The van der Waals surface area contributed by atoms with Crippen LogP contribution in [0.15, 0.2) is 121 Å². The maximum absolute atomic E-state index is 14.2. The lowest BCUT2D eigenvalue weighted by Gasteiger charge is -2.44. The molecule has 0 unspecified atom stereocenters. The Balaban J connectivity index is 1.65. The van der Waals surface area contributed by atoms with E-state index in [1.165, 1.54) is 7.11 Å². The number of carbonyl (C=O) groups is 2. The van der Waals surface area contributed by atoms with Crippen molar-refractivity contribution in [3.05, 3.63) is 132 Å². The van der Waals surface area contributed by atoms with Gasteiger partial charge in [-0.25, -0.2) is 4.79 Å². The molecule has 42 heavy (non-hydrogen) atoms. The molecule has 1 heterocycles. The summed E-state index contributed by atoms with van der Waals surface area (Å²) in [6.07, 6.45) is 0.268. The molecule has 1 saturated heterocycles. The third-order valence-corrected chi connectivity index (χ3v) is 13.5. The Hall–Kier alpha value is -4.00.